The minimum Gasteiger partial charge on any atom is -0.507 e. The van der Waals surface area contributed by atoms with Crippen LogP contribution in [-0.4, -0.2) is 46.4 Å². The molecule has 36 heavy (non-hydrogen) atoms. The van der Waals surface area contributed by atoms with Gasteiger partial charge in [0.2, 0.25) is 0 Å². The maximum atomic E-state index is 13.5. The average molecular weight is 484 g/mol. The van der Waals surface area contributed by atoms with E-state index in [1.54, 1.807) is 13.2 Å². The van der Waals surface area contributed by atoms with Gasteiger partial charge in [0, 0.05) is 31.4 Å². The smallest absolute Gasteiger partial charge is 0.273 e. The molecule has 2 heterocycles. The Morgan fingerprint density at radius 3 is 2.53 bits per heavy atom. The Bertz CT molecular complexity index is 1400. The summed E-state index contributed by atoms with van der Waals surface area (Å²) in [6, 6.07) is 20.6. The van der Waals surface area contributed by atoms with Crippen LogP contribution in [0.25, 0.3) is 11.3 Å². The van der Waals surface area contributed by atoms with Crippen molar-refractivity contribution >= 4 is 5.91 Å². The summed E-state index contributed by atoms with van der Waals surface area (Å²) in [5, 5.41) is 18.3. The van der Waals surface area contributed by atoms with Gasteiger partial charge < -0.3 is 19.5 Å². The van der Waals surface area contributed by atoms with E-state index < -0.39 is 6.04 Å². The Kier molecular flexibility index (Phi) is 6.48. The number of hydrogen-bond donors (Lipinski definition) is 2. The van der Waals surface area contributed by atoms with Crippen molar-refractivity contribution in [2.75, 3.05) is 20.3 Å². The molecule has 0 radical (unpaired) electrons. The zero-order chi connectivity index (χ0) is 25.2. The van der Waals surface area contributed by atoms with E-state index in [1.165, 1.54) is 0 Å². The standard InChI is InChI=1S/C29H29N3O4/c1-18-15-23(24(33)16-19(18)2)26-25-27(31-30-26)29(34)32(13-8-14-35-3)28(25)20-9-7-12-22(17-20)36-21-10-5-4-6-11-21/h4-7,9-12,15-17,28,33H,8,13-14H2,1-3H3,(H,30,31)/t28-/m0/s1. The van der Waals surface area contributed by atoms with Crippen LogP contribution in [0.2, 0.25) is 0 Å². The van der Waals surface area contributed by atoms with Crippen molar-refractivity contribution < 1.29 is 19.4 Å². The van der Waals surface area contributed by atoms with Gasteiger partial charge >= 0.3 is 0 Å². The molecule has 3 aromatic carbocycles. The summed E-state index contributed by atoms with van der Waals surface area (Å²) >= 11 is 0. The van der Waals surface area contributed by atoms with Crippen LogP contribution < -0.4 is 4.74 Å². The Hall–Kier alpha value is -4.10. The second-order valence-electron chi connectivity index (χ2n) is 9.05. The lowest BCUT2D eigenvalue weighted by atomic mass is 9.94. The number of aromatic nitrogens is 2. The summed E-state index contributed by atoms with van der Waals surface area (Å²) in [7, 11) is 1.65. The maximum absolute atomic E-state index is 13.5. The summed E-state index contributed by atoms with van der Waals surface area (Å²) in [6.45, 7) is 5.01. The van der Waals surface area contributed by atoms with Crippen molar-refractivity contribution in [3.8, 4) is 28.5 Å². The first-order valence-corrected chi connectivity index (χ1v) is 12.0. The molecule has 1 atom stereocenters. The number of aryl methyl sites for hydroxylation is 2. The highest BCUT2D eigenvalue weighted by atomic mass is 16.5. The van der Waals surface area contributed by atoms with Crippen LogP contribution in [0.4, 0.5) is 0 Å². The first-order valence-electron chi connectivity index (χ1n) is 12.0. The summed E-state index contributed by atoms with van der Waals surface area (Å²) in [6.07, 6.45) is 0.695. The summed E-state index contributed by atoms with van der Waals surface area (Å²) in [4.78, 5) is 15.4. The van der Waals surface area contributed by atoms with Crippen LogP contribution in [0, 0.1) is 13.8 Å². The zero-order valence-corrected chi connectivity index (χ0v) is 20.6. The molecule has 0 saturated heterocycles. The number of nitrogens with one attached hydrogen (secondary N) is 1. The average Bonchev–Trinajstić information content (AvgIpc) is 3.41. The third-order valence-electron chi connectivity index (χ3n) is 6.63. The van der Waals surface area contributed by atoms with Crippen molar-refractivity contribution in [1.29, 1.82) is 0 Å². The second kappa shape index (κ2) is 9.87. The summed E-state index contributed by atoms with van der Waals surface area (Å²) in [5.74, 6) is 1.43. The Balaban J connectivity index is 1.60. The largest absolute Gasteiger partial charge is 0.507 e. The Labute approximate surface area is 210 Å². The molecule has 184 valence electrons. The van der Waals surface area contributed by atoms with E-state index >= 15 is 0 Å². The molecule has 1 amide bonds. The quantitative estimate of drug-likeness (QED) is 0.311. The molecule has 1 aromatic heterocycles. The number of phenolic OH excluding ortho intramolecular Hbond substituents is 1. The van der Waals surface area contributed by atoms with Crippen LogP contribution in [0.15, 0.2) is 66.7 Å². The number of H-pyrrole nitrogens is 1. The molecule has 4 aromatic rings. The molecule has 7 nitrogen and oxygen atoms in total. The van der Waals surface area contributed by atoms with E-state index in [0.29, 0.717) is 42.3 Å². The van der Waals surface area contributed by atoms with E-state index in [-0.39, 0.29) is 11.7 Å². The second-order valence-corrected chi connectivity index (χ2v) is 9.05. The topological polar surface area (TPSA) is 87.7 Å². The number of rotatable bonds is 8. The molecule has 0 spiro atoms. The summed E-state index contributed by atoms with van der Waals surface area (Å²) < 4.78 is 11.3. The fraction of sp³-hybridized carbons (Fsp3) is 0.241. The lowest BCUT2D eigenvalue weighted by molar-refractivity contribution is 0.0723. The molecule has 0 fully saturated rings. The van der Waals surface area contributed by atoms with Crippen LogP contribution >= 0.6 is 0 Å². The zero-order valence-electron chi connectivity index (χ0n) is 20.6. The molecule has 1 aliphatic heterocycles. The molecular formula is C29H29N3O4. The number of phenols is 1. The normalized spacial score (nSPS) is 14.8. The minimum absolute atomic E-state index is 0.123. The number of aromatic amines is 1. The van der Waals surface area contributed by atoms with Gasteiger partial charge in [0.15, 0.2) is 0 Å². The predicted molar refractivity (Wildman–Crippen MR) is 137 cm³/mol. The van der Waals surface area contributed by atoms with Crippen molar-refractivity contribution in [3.63, 3.8) is 0 Å². The number of methoxy groups -OCH3 is 1. The lowest BCUT2D eigenvalue weighted by Crippen LogP contribution is -2.31. The Morgan fingerprint density at radius 1 is 1.00 bits per heavy atom. The van der Waals surface area contributed by atoms with E-state index in [9.17, 15) is 9.90 Å². The third-order valence-corrected chi connectivity index (χ3v) is 6.63. The number of nitrogens with zero attached hydrogens (tertiary/aromatic N) is 2. The van der Waals surface area contributed by atoms with Gasteiger partial charge in [-0.15, -0.1) is 0 Å². The van der Waals surface area contributed by atoms with Gasteiger partial charge in [0.05, 0.1) is 6.04 Å². The molecule has 2 N–H and O–H groups in total. The first-order chi connectivity index (χ1) is 17.5. The van der Waals surface area contributed by atoms with Gasteiger partial charge in [-0.3, -0.25) is 9.89 Å². The van der Waals surface area contributed by atoms with E-state index in [4.69, 9.17) is 9.47 Å². The van der Waals surface area contributed by atoms with E-state index in [1.807, 2.05) is 79.4 Å². The number of fused-ring (bicyclic) bond motifs is 1. The molecule has 7 heteroatoms. The highest BCUT2D eigenvalue weighted by Gasteiger charge is 2.42. The molecule has 5 rings (SSSR count). The molecular weight excluding hydrogens is 454 g/mol. The number of benzene rings is 3. The van der Waals surface area contributed by atoms with Gasteiger partial charge in [-0.05, 0) is 73.4 Å². The monoisotopic (exact) mass is 483 g/mol. The number of ether oxygens (including phenoxy) is 2. The molecule has 0 saturated carbocycles. The fourth-order valence-corrected chi connectivity index (χ4v) is 4.72. The van der Waals surface area contributed by atoms with Crippen LogP contribution in [0.3, 0.4) is 0 Å². The molecule has 0 bridgehead atoms. The molecule has 1 aliphatic rings. The number of para-hydroxylation sites is 1. The van der Waals surface area contributed by atoms with Crippen molar-refractivity contribution in [3.05, 3.63) is 94.7 Å². The minimum atomic E-state index is -0.390. The van der Waals surface area contributed by atoms with Gasteiger partial charge in [-0.2, -0.15) is 5.10 Å². The number of carbonyl (C=O) groups excluding carboxylic acids is 1. The summed E-state index contributed by atoms with van der Waals surface area (Å²) in [5.41, 5.74) is 5.31. The number of aromatic hydroxyl groups is 1. The lowest BCUT2D eigenvalue weighted by Gasteiger charge is -2.26. The van der Waals surface area contributed by atoms with Gasteiger partial charge in [-0.1, -0.05) is 30.3 Å². The van der Waals surface area contributed by atoms with Crippen LogP contribution in [0.5, 0.6) is 17.2 Å². The maximum Gasteiger partial charge on any atom is 0.273 e. The molecule has 0 unspecified atom stereocenters. The Morgan fingerprint density at radius 2 is 1.75 bits per heavy atom. The van der Waals surface area contributed by atoms with Crippen molar-refractivity contribution in [2.45, 2.75) is 26.3 Å². The third kappa shape index (κ3) is 4.33. The van der Waals surface area contributed by atoms with Crippen LogP contribution in [0.1, 0.15) is 45.2 Å². The number of amides is 1. The molecule has 0 aliphatic carbocycles. The van der Waals surface area contributed by atoms with Crippen molar-refractivity contribution in [1.82, 2.24) is 15.1 Å². The first kappa shape index (κ1) is 23.6. The highest BCUT2D eigenvalue weighted by molar-refractivity contribution is 6.00. The highest BCUT2D eigenvalue weighted by Crippen LogP contribution is 2.45. The number of carbonyl (C=O) groups is 1. The SMILES string of the molecule is COCCCN1C(=O)c2[nH]nc(-c3cc(C)c(C)cc3O)c2[C@@H]1c1cccc(Oc2ccccc2)c1. The van der Waals surface area contributed by atoms with Crippen LogP contribution in [-0.2, 0) is 4.74 Å². The van der Waals surface area contributed by atoms with Gasteiger partial charge in [0.25, 0.3) is 5.91 Å². The van der Waals surface area contributed by atoms with Gasteiger partial charge in [-0.25, -0.2) is 0 Å². The van der Waals surface area contributed by atoms with E-state index in [2.05, 4.69) is 10.2 Å². The van der Waals surface area contributed by atoms with Crippen molar-refractivity contribution in [2.24, 2.45) is 0 Å². The van der Waals surface area contributed by atoms with E-state index in [0.717, 1.165) is 28.0 Å². The fourth-order valence-electron chi connectivity index (χ4n) is 4.72. The number of hydrogen-bond acceptors (Lipinski definition) is 5. The van der Waals surface area contributed by atoms with Gasteiger partial charge in [0.1, 0.15) is 28.6 Å². The predicted octanol–water partition coefficient (Wildman–Crippen LogP) is 5.77.